The van der Waals surface area contributed by atoms with Crippen molar-refractivity contribution < 1.29 is 42.2 Å². The summed E-state index contributed by atoms with van der Waals surface area (Å²) in [5, 5.41) is 15.9. The van der Waals surface area contributed by atoms with Crippen LogP contribution in [0.15, 0.2) is 103 Å². The molecule has 0 radical (unpaired) electrons. The van der Waals surface area contributed by atoms with Gasteiger partial charge in [-0.25, -0.2) is 9.97 Å². The Hall–Kier alpha value is -7.44. The molecule has 0 bridgehead atoms. The topological polar surface area (TPSA) is 190 Å². The molecule has 2 aliphatic heterocycles. The van der Waals surface area contributed by atoms with E-state index in [1.807, 2.05) is 25.1 Å². The smallest absolute Gasteiger partial charge is 0.395 e. The predicted molar refractivity (Wildman–Crippen MR) is 259 cm³/mol. The standard InChI is InChI=1S/C52H55F2N9O7/c1-3-40-31-62(24-20-55-40)41-11-8-34(9-12-41)15-19-57-49(66)38-28-36-16-23-63(47(36)59-30-38)32-45(64)56-21-25-68-26-22-58-48(65)37-6-4-5-35(27-37)46-33(2)7-14-44(60-46)61-50(67)51(17-18-51)39-10-13-42-43(29-39)70-52(53,54)69-42/h4-14,16,23,27-30,40,55H,3,15,17-22,24-26,31-32H2,1-2H3,(H,56,64)(H,57,66)(H,58,65)(H,60,61,67)/t40-/m1/s1. The van der Waals surface area contributed by atoms with Gasteiger partial charge in [0.25, 0.3) is 11.8 Å². The average molecular weight is 956 g/mol. The molecule has 70 heavy (non-hydrogen) atoms. The van der Waals surface area contributed by atoms with Gasteiger partial charge in [-0.2, -0.15) is 0 Å². The molecule has 1 saturated carbocycles. The highest BCUT2D eigenvalue weighted by atomic mass is 19.3. The summed E-state index contributed by atoms with van der Waals surface area (Å²) in [7, 11) is 0. The molecule has 9 rings (SSSR count). The van der Waals surface area contributed by atoms with E-state index >= 15 is 0 Å². The molecule has 3 aliphatic rings. The van der Waals surface area contributed by atoms with Crippen LogP contribution < -0.4 is 41.0 Å². The van der Waals surface area contributed by atoms with Gasteiger partial charge in [-0.15, -0.1) is 8.78 Å². The van der Waals surface area contributed by atoms with Gasteiger partial charge in [0.2, 0.25) is 11.8 Å². The second-order valence-corrected chi connectivity index (χ2v) is 17.8. The number of halogens is 2. The first-order chi connectivity index (χ1) is 33.9. The third kappa shape index (κ3) is 11.0. The van der Waals surface area contributed by atoms with E-state index in [1.165, 1.54) is 24.0 Å². The summed E-state index contributed by atoms with van der Waals surface area (Å²) in [6, 6.07) is 27.5. The van der Waals surface area contributed by atoms with E-state index in [2.05, 4.69) is 77.1 Å². The van der Waals surface area contributed by atoms with Crippen LogP contribution in [0.4, 0.5) is 20.3 Å². The van der Waals surface area contributed by atoms with Crippen LogP contribution in [0.5, 0.6) is 11.5 Å². The van der Waals surface area contributed by atoms with Gasteiger partial charge < -0.3 is 50.3 Å². The Morgan fingerprint density at radius 1 is 0.857 bits per heavy atom. The highest BCUT2D eigenvalue weighted by molar-refractivity contribution is 6.01. The van der Waals surface area contributed by atoms with E-state index in [0.717, 1.165) is 42.6 Å². The maximum Gasteiger partial charge on any atom is 0.586 e. The largest absolute Gasteiger partial charge is 0.586 e. The second kappa shape index (κ2) is 20.7. The summed E-state index contributed by atoms with van der Waals surface area (Å²) in [4.78, 5) is 64.1. The Morgan fingerprint density at radius 3 is 2.43 bits per heavy atom. The number of aromatic nitrogens is 3. The van der Waals surface area contributed by atoms with Gasteiger partial charge >= 0.3 is 6.29 Å². The van der Waals surface area contributed by atoms with Crippen molar-refractivity contribution in [2.75, 3.05) is 62.7 Å². The molecule has 6 aromatic rings. The van der Waals surface area contributed by atoms with Gasteiger partial charge in [0.05, 0.1) is 29.9 Å². The second-order valence-electron chi connectivity index (χ2n) is 17.8. The van der Waals surface area contributed by atoms with Gasteiger partial charge in [-0.1, -0.05) is 43.3 Å². The Labute approximate surface area is 403 Å². The first-order valence-corrected chi connectivity index (χ1v) is 23.6. The van der Waals surface area contributed by atoms with Crippen LogP contribution in [0.2, 0.25) is 0 Å². The molecule has 5 N–H and O–H groups in total. The van der Waals surface area contributed by atoms with Gasteiger partial charge in [0.15, 0.2) is 11.5 Å². The zero-order valence-corrected chi connectivity index (χ0v) is 39.0. The number of ether oxygens (including phenoxy) is 3. The SMILES string of the molecule is CC[C@@H]1CN(c2ccc(CCNC(=O)c3cnc4c(ccn4CC(=O)NCCOCCNC(=O)c4cccc(-c5nc(NC(=O)C6(c7ccc8c(c7)OC(F)(F)O8)CC6)ccc5C)c4)c3)cc2)CCN1. The molecular formula is C52H55F2N9O7. The van der Waals surface area contributed by atoms with Crippen LogP contribution >= 0.6 is 0 Å². The summed E-state index contributed by atoms with van der Waals surface area (Å²) < 4.78 is 43.7. The van der Waals surface area contributed by atoms with Crippen molar-refractivity contribution in [3.8, 4) is 22.8 Å². The fourth-order valence-corrected chi connectivity index (χ4v) is 8.83. The summed E-state index contributed by atoms with van der Waals surface area (Å²) in [6.45, 7) is 8.53. The van der Waals surface area contributed by atoms with E-state index in [-0.39, 0.29) is 68.0 Å². The average Bonchev–Trinajstić information content (AvgIpc) is 4.00. The number of amides is 4. The number of aryl methyl sites for hydroxylation is 1. The van der Waals surface area contributed by atoms with E-state index in [0.29, 0.717) is 71.3 Å². The third-order valence-corrected chi connectivity index (χ3v) is 12.9. The maximum atomic E-state index is 13.6. The summed E-state index contributed by atoms with van der Waals surface area (Å²) in [5.74, 6) is -0.974. The highest BCUT2D eigenvalue weighted by Gasteiger charge is 2.53. The van der Waals surface area contributed by atoms with Crippen LogP contribution in [0.1, 0.15) is 63.6 Å². The summed E-state index contributed by atoms with van der Waals surface area (Å²) >= 11 is 0. The molecule has 364 valence electrons. The maximum absolute atomic E-state index is 13.6. The van der Waals surface area contributed by atoms with Crippen molar-refractivity contribution in [2.45, 2.75) is 63.8 Å². The van der Waals surface area contributed by atoms with Gasteiger partial charge in [0.1, 0.15) is 18.0 Å². The number of pyridine rings is 2. The molecular weight excluding hydrogens is 901 g/mol. The van der Waals surface area contributed by atoms with Crippen molar-refractivity contribution in [2.24, 2.45) is 0 Å². The molecule has 3 aromatic carbocycles. The number of anilines is 2. The number of carbonyl (C=O) groups excluding carboxylic acids is 4. The van der Waals surface area contributed by atoms with Crippen molar-refractivity contribution in [3.63, 3.8) is 0 Å². The molecule has 3 aromatic heterocycles. The predicted octanol–water partition coefficient (Wildman–Crippen LogP) is 6.12. The molecule has 1 saturated heterocycles. The fraction of sp³-hybridized carbons (Fsp3) is 0.346. The van der Waals surface area contributed by atoms with Gasteiger partial charge in [-0.05, 0) is 104 Å². The number of nitrogens with one attached hydrogen (secondary N) is 5. The lowest BCUT2D eigenvalue weighted by atomic mass is 9.94. The minimum Gasteiger partial charge on any atom is -0.395 e. The van der Waals surface area contributed by atoms with Gasteiger partial charge in [0, 0.05) is 79.9 Å². The Morgan fingerprint density at radius 2 is 1.63 bits per heavy atom. The van der Waals surface area contributed by atoms with Crippen LogP contribution in [0.3, 0.4) is 0 Å². The number of rotatable bonds is 19. The molecule has 2 fully saturated rings. The lowest BCUT2D eigenvalue weighted by Gasteiger charge is -2.35. The van der Waals surface area contributed by atoms with E-state index in [4.69, 9.17) is 9.72 Å². The molecule has 0 spiro atoms. The number of alkyl halides is 2. The van der Waals surface area contributed by atoms with Crippen LogP contribution in [0, 0.1) is 6.92 Å². The normalized spacial score (nSPS) is 16.4. The monoisotopic (exact) mass is 955 g/mol. The van der Waals surface area contributed by atoms with Crippen LogP contribution in [-0.4, -0.2) is 103 Å². The van der Waals surface area contributed by atoms with Crippen molar-refractivity contribution >= 4 is 46.2 Å². The lowest BCUT2D eigenvalue weighted by Crippen LogP contribution is -2.50. The number of hydrogen-bond donors (Lipinski definition) is 5. The third-order valence-electron chi connectivity index (χ3n) is 12.9. The zero-order valence-electron chi connectivity index (χ0n) is 39.0. The molecule has 5 heterocycles. The van der Waals surface area contributed by atoms with E-state index < -0.39 is 11.7 Å². The minimum absolute atomic E-state index is 0.0359. The molecule has 1 aliphatic carbocycles. The fourth-order valence-electron chi connectivity index (χ4n) is 8.83. The van der Waals surface area contributed by atoms with Crippen molar-refractivity contribution in [1.82, 2.24) is 35.8 Å². The summed E-state index contributed by atoms with van der Waals surface area (Å²) in [5.41, 5.74) is 5.50. The van der Waals surface area contributed by atoms with Crippen molar-refractivity contribution in [1.29, 1.82) is 0 Å². The van der Waals surface area contributed by atoms with E-state index in [9.17, 15) is 28.0 Å². The molecule has 18 heteroatoms. The molecule has 0 unspecified atom stereocenters. The van der Waals surface area contributed by atoms with Gasteiger partial charge in [-0.3, -0.25) is 19.2 Å². The molecule has 16 nitrogen and oxygen atoms in total. The Bertz CT molecular complexity index is 2910. The first-order valence-electron chi connectivity index (χ1n) is 23.6. The van der Waals surface area contributed by atoms with Crippen molar-refractivity contribution in [3.05, 3.63) is 131 Å². The lowest BCUT2D eigenvalue weighted by molar-refractivity contribution is -0.286. The molecule has 4 amide bonds. The zero-order chi connectivity index (χ0) is 48.8. The highest BCUT2D eigenvalue weighted by Crippen LogP contribution is 2.52. The number of fused-ring (bicyclic) bond motifs is 2. The minimum atomic E-state index is -3.75. The number of carbonyl (C=O) groups is 4. The van der Waals surface area contributed by atoms with Crippen LogP contribution in [-0.2, 0) is 32.7 Å². The number of nitrogens with zero attached hydrogens (tertiary/aromatic N) is 4. The first kappa shape index (κ1) is 47.6. The number of piperazine rings is 1. The number of benzene rings is 3. The Balaban J connectivity index is 0.677. The Kier molecular flexibility index (Phi) is 14.0. The van der Waals surface area contributed by atoms with Crippen LogP contribution in [0.25, 0.3) is 22.3 Å². The molecule has 1 atom stereocenters. The number of hydrogen-bond acceptors (Lipinski definition) is 11. The van der Waals surface area contributed by atoms with E-state index in [1.54, 1.807) is 47.2 Å². The quantitative estimate of drug-likeness (QED) is 0.0589. The summed E-state index contributed by atoms with van der Waals surface area (Å²) in [6.07, 6.45) is 2.40.